The van der Waals surface area contributed by atoms with Crippen LogP contribution in [0.5, 0.6) is 5.75 Å². The van der Waals surface area contributed by atoms with Gasteiger partial charge in [0.15, 0.2) is 0 Å². The van der Waals surface area contributed by atoms with Crippen LogP contribution in [0.4, 0.5) is 5.69 Å². The van der Waals surface area contributed by atoms with Crippen LogP contribution in [0.15, 0.2) is 54.6 Å². The minimum Gasteiger partial charge on any atom is -0.423 e. The molecule has 5 nitrogen and oxygen atoms in total. The van der Waals surface area contributed by atoms with Gasteiger partial charge < -0.3 is 4.74 Å². The van der Waals surface area contributed by atoms with Crippen molar-refractivity contribution in [1.29, 1.82) is 0 Å². The lowest BCUT2D eigenvalue weighted by atomic mass is 9.63. The first-order valence-corrected chi connectivity index (χ1v) is 11.0. The second-order valence-corrected chi connectivity index (χ2v) is 9.42. The van der Waals surface area contributed by atoms with Crippen molar-refractivity contribution in [2.75, 3.05) is 4.90 Å². The fraction of sp³-hybridized carbons (Fsp3) is 0.320. The number of nitrogens with zero attached hydrogens (tertiary/aromatic N) is 1. The number of ether oxygens (including phenoxy) is 1. The molecule has 0 N–H and O–H groups in total. The van der Waals surface area contributed by atoms with E-state index in [1.165, 1.54) is 4.90 Å². The monoisotopic (exact) mass is 433 g/mol. The minimum absolute atomic E-state index is 0.140. The van der Waals surface area contributed by atoms with E-state index in [2.05, 4.69) is 12.2 Å². The fourth-order valence-corrected chi connectivity index (χ4v) is 5.95. The van der Waals surface area contributed by atoms with Crippen molar-refractivity contribution in [3.63, 3.8) is 0 Å². The molecule has 0 spiro atoms. The first-order chi connectivity index (χ1) is 14.9. The third-order valence-electron chi connectivity index (χ3n) is 7.34. The highest BCUT2D eigenvalue weighted by molar-refractivity contribution is 6.31. The molecule has 1 saturated heterocycles. The molecular weight excluding hydrogens is 414 g/mol. The Kier molecular flexibility index (Phi) is 3.97. The summed E-state index contributed by atoms with van der Waals surface area (Å²) in [5, 5.41) is 0.593. The molecule has 0 aromatic heterocycles. The van der Waals surface area contributed by atoms with E-state index < -0.39 is 5.97 Å². The van der Waals surface area contributed by atoms with Gasteiger partial charge in [-0.05, 0) is 79.0 Å². The average molecular weight is 434 g/mol. The van der Waals surface area contributed by atoms with E-state index in [9.17, 15) is 14.4 Å². The average Bonchev–Trinajstić information content (AvgIpc) is 3.54. The number of allylic oxidation sites excluding steroid dienone is 2. The predicted molar refractivity (Wildman–Crippen MR) is 115 cm³/mol. The quantitative estimate of drug-likeness (QED) is 0.311. The van der Waals surface area contributed by atoms with Crippen LogP contribution in [-0.2, 0) is 9.59 Å². The summed E-state index contributed by atoms with van der Waals surface area (Å²) in [6, 6.07) is 11.5. The second kappa shape index (κ2) is 6.54. The number of imide groups is 1. The smallest absolute Gasteiger partial charge is 0.343 e. The largest absolute Gasteiger partial charge is 0.423 e. The van der Waals surface area contributed by atoms with Gasteiger partial charge in [0.25, 0.3) is 0 Å². The normalized spacial score (nSPS) is 32.1. The number of rotatable bonds is 3. The highest BCUT2D eigenvalue weighted by atomic mass is 35.5. The Morgan fingerprint density at radius 3 is 2.32 bits per heavy atom. The molecule has 156 valence electrons. The Hall–Kier alpha value is -2.92. The maximum atomic E-state index is 13.3. The second-order valence-electron chi connectivity index (χ2n) is 9.02. The Bertz CT molecular complexity index is 1150. The molecule has 3 fully saturated rings. The van der Waals surface area contributed by atoms with E-state index in [-0.39, 0.29) is 41.0 Å². The lowest BCUT2D eigenvalue weighted by molar-refractivity contribution is -0.124. The standard InChI is InChI=1S/C25H20ClNO4/c1-12-9-15(5-8-20(12)26)31-25(30)13-3-2-4-14(10-13)27-23(28)21-16-6-7-17(19-11-18(16)19)22(21)24(27)29/h2-10,16-19,21-22H,11H2,1H3/t16-,17+,18-,19-,21+,22+/m1/s1. The summed E-state index contributed by atoms with van der Waals surface area (Å²) in [4.78, 5) is 40.6. The summed E-state index contributed by atoms with van der Waals surface area (Å²) in [5.74, 6) is 0.469. The molecule has 5 aliphatic rings. The Balaban J connectivity index is 1.28. The van der Waals surface area contributed by atoms with Gasteiger partial charge >= 0.3 is 5.97 Å². The molecule has 2 bridgehead atoms. The molecule has 0 unspecified atom stereocenters. The molecule has 1 heterocycles. The highest BCUT2D eigenvalue weighted by Crippen LogP contribution is 2.65. The summed E-state index contributed by atoms with van der Waals surface area (Å²) in [7, 11) is 0. The van der Waals surface area contributed by atoms with Gasteiger partial charge in [-0.25, -0.2) is 9.69 Å². The van der Waals surface area contributed by atoms with Crippen molar-refractivity contribution >= 4 is 35.1 Å². The number of halogens is 1. The summed E-state index contributed by atoms with van der Waals surface area (Å²) in [6.45, 7) is 1.83. The van der Waals surface area contributed by atoms with Gasteiger partial charge in [-0.3, -0.25) is 9.59 Å². The maximum Gasteiger partial charge on any atom is 0.343 e. The zero-order chi connectivity index (χ0) is 21.4. The molecule has 2 saturated carbocycles. The zero-order valence-corrected chi connectivity index (χ0v) is 17.6. The number of carbonyl (C=O) groups is 3. The van der Waals surface area contributed by atoms with Crippen molar-refractivity contribution in [3.8, 4) is 5.75 Å². The number of hydrogen-bond donors (Lipinski definition) is 0. The number of amides is 2. The summed E-state index contributed by atoms with van der Waals surface area (Å²) < 4.78 is 5.47. The van der Waals surface area contributed by atoms with Crippen LogP contribution in [0.2, 0.25) is 5.02 Å². The molecule has 1 aliphatic heterocycles. The Labute approximate surface area is 184 Å². The molecule has 31 heavy (non-hydrogen) atoms. The van der Waals surface area contributed by atoms with Crippen molar-refractivity contribution in [2.45, 2.75) is 13.3 Å². The van der Waals surface area contributed by atoms with Crippen LogP contribution in [0.3, 0.4) is 0 Å². The van der Waals surface area contributed by atoms with Crippen LogP contribution in [0.25, 0.3) is 0 Å². The number of esters is 1. The molecule has 6 atom stereocenters. The molecule has 6 heteroatoms. The molecular formula is C25H20ClNO4. The van der Waals surface area contributed by atoms with Gasteiger partial charge in [-0.2, -0.15) is 0 Å². The van der Waals surface area contributed by atoms with Crippen molar-refractivity contribution in [1.82, 2.24) is 0 Å². The van der Waals surface area contributed by atoms with Crippen LogP contribution < -0.4 is 9.64 Å². The van der Waals surface area contributed by atoms with Gasteiger partial charge in [0.2, 0.25) is 11.8 Å². The molecule has 2 aromatic rings. The number of aryl methyl sites for hydroxylation is 1. The van der Waals surface area contributed by atoms with Crippen LogP contribution in [-0.4, -0.2) is 17.8 Å². The maximum absolute atomic E-state index is 13.3. The molecule has 0 radical (unpaired) electrons. The number of hydrogen-bond acceptors (Lipinski definition) is 4. The lowest BCUT2D eigenvalue weighted by Crippen LogP contribution is -2.40. The molecule has 7 rings (SSSR count). The Morgan fingerprint density at radius 1 is 1.00 bits per heavy atom. The third kappa shape index (κ3) is 2.72. The van der Waals surface area contributed by atoms with E-state index in [0.29, 0.717) is 28.3 Å². The third-order valence-corrected chi connectivity index (χ3v) is 7.77. The van der Waals surface area contributed by atoms with Gasteiger partial charge in [0, 0.05) is 5.02 Å². The SMILES string of the molecule is Cc1cc(OC(=O)c2cccc(N3C(=O)[C@H]4[C@@H]5C=C[C@@H]([C@H]6C[C@H]56)[C@@H]4C3=O)c2)ccc1Cl. The van der Waals surface area contributed by atoms with E-state index in [0.717, 1.165) is 12.0 Å². The van der Waals surface area contributed by atoms with Crippen molar-refractivity contribution in [2.24, 2.45) is 35.5 Å². The first kappa shape index (κ1) is 18.8. The van der Waals surface area contributed by atoms with Gasteiger partial charge in [0.1, 0.15) is 5.75 Å². The fourth-order valence-electron chi connectivity index (χ4n) is 5.83. The van der Waals surface area contributed by atoms with E-state index in [1.807, 2.05) is 6.92 Å². The highest BCUT2D eigenvalue weighted by Gasteiger charge is 2.67. The molecule has 2 aromatic carbocycles. The van der Waals surface area contributed by atoms with E-state index in [4.69, 9.17) is 16.3 Å². The van der Waals surface area contributed by atoms with E-state index >= 15 is 0 Å². The van der Waals surface area contributed by atoms with Crippen molar-refractivity contribution < 1.29 is 19.1 Å². The molecule has 2 amide bonds. The van der Waals surface area contributed by atoms with Crippen LogP contribution in [0.1, 0.15) is 22.3 Å². The van der Waals surface area contributed by atoms with Gasteiger partial charge in [-0.15, -0.1) is 0 Å². The topological polar surface area (TPSA) is 63.7 Å². The zero-order valence-electron chi connectivity index (χ0n) is 16.8. The number of carbonyl (C=O) groups excluding carboxylic acids is 3. The van der Waals surface area contributed by atoms with E-state index in [1.54, 1.807) is 42.5 Å². The summed E-state index contributed by atoms with van der Waals surface area (Å²) in [5.41, 5.74) is 1.52. The number of benzene rings is 2. The summed E-state index contributed by atoms with van der Waals surface area (Å²) in [6.07, 6.45) is 5.43. The van der Waals surface area contributed by atoms with Crippen LogP contribution >= 0.6 is 11.6 Å². The summed E-state index contributed by atoms with van der Waals surface area (Å²) >= 11 is 6.03. The predicted octanol–water partition coefficient (Wildman–Crippen LogP) is 4.43. The number of anilines is 1. The minimum atomic E-state index is -0.553. The van der Waals surface area contributed by atoms with Crippen molar-refractivity contribution in [3.05, 3.63) is 70.8 Å². The molecule has 4 aliphatic carbocycles. The first-order valence-electron chi connectivity index (χ1n) is 10.6. The van der Waals surface area contributed by atoms with Crippen LogP contribution in [0, 0.1) is 42.4 Å². The Morgan fingerprint density at radius 2 is 1.68 bits per heavy atom. The van der Waals surface area contributed by atoms with Gasteiger partial charge in [0.05, 0.1) is 23.1 Å². The van der Waals surface area contributed by atoms with Gasteiger partial charge in [-0.1, -0.05) is 29.8 Å². The lowest BCUT2D eigenvalue weighted by Gasteiger charge is -2.37.